The Kier molecular flexibility index (Phi) is 24.3. The summed E-state index contributed by atoms with van der Waals surface area (Å²) in [6, 6.07) is 0. The van der Waals surface area contributed by atoms with Crippen molar-refractivity contribution in [2.24, 2.45) is 0 Å². The Hall–Kier alpha value is 0.0400. The van der Waals surface area contributed by atoms with E-state index in [0.29, 0.717) is 0 Å². The molecule has 0 atom stereocenters. The van der Waals surface area contributed by atoms with Crippen LogP contribution in [0.5, 0.6) is 0 Å². The van der Waals surface area contributed by atoms with Gasteiger partial charge >= 0.3 is 0 Å². The first-order valence-electron chi connectivity index (χ1n) is 12.9. The fraction of sp³-hybridized carbons (Fsp3) is 0.960. The van der Waals surface area contributed by atoms with E-state index < -0.39 is 0 Å². The molecule has 0 heterocycles. The molecule has 2 nitrogen and oxygen atoms in total. The summed E-state index contributed by atoms with van der Waals surface area (Å²) in [6.07, 6.45) is 27.7. The van der Waals surface area contributed by atoms with Gasteiger partial charge < -0.3 is 9.62 Å². The normalized spacial score (nSPS) is 11.0. The van der Waals surface area contributed by atoms with Gasteiger partial charge in [0.25, 0.3) is 0 Å². The Labute approximate surface area is 194 Å². The third-order valence-electron chi connectivity index (χ3n) is 5.95. The minimum Gasteiger partial charge on any atom is -0.349 e. The fourth-order valence-electron chi connectivity index (χ4n) is 3.97. The van der Waals surface area contributed by atoms with E-state index in [-0.39, 0.29) is 0 Å². The van der Waals surface area contributed by atoms with Crippen LogP contribution in [0.4, 0.5) is 0 Å². The molecule has 29 heavy (non-hydrogen) atoms. The number of rotatable bonds is 22. The molecule has 0 unspecified atom stereocenters. The summed E-state index contributed by atoms with van der Waals surface area (Å²) in [5, 5.41) is 0.806. The summed E-state index contributed by atoms with van der Waals surface area (Å²) < 4.78 is 2.89. The van der Waals surface area contributed by atoms with E-state index in [1.807, 2.05) is 0 Å². The second-order valence-corrected chi connectivity index (χ2v) is 9.38. The van der Waals surface area contributed by atoms with Crippen molar-refractivity contribution in [3.8, 4) is 0 Å². The lowest BCUT2D eigenvalue weighted by Crippen LogP contribution is -2.37. The number of thiocarbonyl (C=S) groups is 1. The Balaban J connectivity index is 3.59. The molecule has 0 aromatic heterocycles. The van der Waals surface area contributed by atoms with Crippen molar-refractivity contribution in [2.75, 3.05) is 13.1 Å². The zero-order valence-electron chi connectivity index (χ0n) is 19.9. The molecule has 0 radical (unpaired) electrons. The number of unbranched alkanes of at least 4 members (excludes halogenated alkanes) is 18. The molecular formula is C25H52N2S2. The van der Waals surface area contributed by atoms with E-state index >= 15 is 0 Å². The highest BCUT2D eigenvalue weighted by Gasteiger charge is 2.07. The van der Waals surface area contributed by atoms with Crippen LogP contribution >= 0.6 is 25.0 Å². The molecule has 0 amide bonds. The van der Waals surface area contributed by atoms with Crippen LogP contribution < -0.4 is 4.72 Å². The van der Waals surface area contributed by atoms with E-state index in [1.165, 1.54) is 128 Å². The fourth-order valence-corrected chi connectivity index (χ4v) is 4.29. The van der Waals surface area contributed by atoms with Gasteiger partial charge in [-0.05, 0) is 25.1 Å². The van der Waals surface area contributed by atoms with Gasteiger partial charge in [0.15, 0.2) is 5.11 Å². The van der Waals surface area contributed by atoms with Gasteiger partial charge in [-0.25, -0.2) is 0 Å². The average Bonchev–Trinajstić information content (AvgIpc) is 2.74. The molecular weight excluding hydrogens is 392 g/mol. The highest BCUT2D eigenvalue weighted by atomic mass is 32.1. The van der Waals surface area contributed by atoms with E-state index in [4.69, 9.17) is 12.2 Å². The van der Waals surface area contributed by atoms with E-state index in [2.05, 4.69) is 36.3 Å². The topological polar surface area (TPSA) is 15.3 Å². The van der Waals surface area contributed by atoms with Crippen LogP contribution in [-0.4, -0.2) is 23.1 Å². The monoisotopic (exact) mass is 444 g/mol. The summed E-state index contributed by atoms with van der Waals surface area (Å²) in [6.45, 7) is 6.74. The molecule has 0 aromatic carbocycles. The maximum absolute atomic E-state index is 5.46. The molecule has 0 aliphatic heterocycles. The van der Waals surface area contributed by atoms with Crippen LogP contribution in [0.25, 0.3) is 0 Å². The predicted octanol–water partition coefficient (Wildman–Crippen LogP) is 8.85. The maximum Gasteiger partial charge on any atom is 0.178 e. The number of nitrogens with one attached hydrogen (secondary N) is 1. The summed E-state index contributed by atoms with van der Waals surface area (Å²) in [5.74, 6) is 0. The van der Waals surface area contributed by atoms with Crippen molar-refractivity contribution in [2.45, 2.75) is 142 Å². The minimum atomic E-state index is 0.806. The summed E-state index contributed by atoms with van der Waals surface area (Å²) in [7, 11) is 0. The first-order chi connectivity index (χ1) is 14.3. The van der Waals surface area contributed by atoms with Gasteiger partial charge in [-0.2, -0.15) is 0 Å². The maximum atomic E-state index is 5.46. The van der Waals surface area contributed by atoms with E-state index in [9.17, 15) is 0 Å². The lowest BCUT2D eigenvalue weighted by molar-refractivity contribution is 0.384. The molecule has 4 heteroatoms. The number of hydrogen-bond acceptors (Lipinski definition) is 2. The molecule has 0 aliphatic carbocycles. The zero-order valence-corrected chi connectivity index (χ0v) is 21.6. The predicted molar refractivity (Wildman–Crippen MR) is 140 cm³/mol. The van der Waals surface area contributed by atoms with Crippen molar-refractivity contribution < 1.29 is 0 Å². The van der Waals surface area contributed by atoms with Crippen LogP contribution in [0.3, 0.4) is 0 Å². The molecule has 0 bridgehead atoms. The Bertz CT molecular complexity index is 313. The zero-order chi connectivity index (χ0) is 21.4. The molecule has 0 spiro atoms. The van der Waals surface area contributed by atoms with Gasteiger partial charge in [0.05, 0.1) is 0 Å². The Morgan fingerprint density at radius 3 is 1.10 bits per heavy atom. The van der Waals surface area contributed by atoms with Gasteiger partial charge in [0.2, 0.25) is 0 Å². The highest BCUT2D eigenvalue weighted by Crippen LogP contribution is 2.13. The standard InChI is InChI=1S/C25H52N2S2/c1-3-5-7-9-11-13-15-17-19-21-23-27(25(28)26-29)24-22-20-18-16-14-12-10-8-6-4-2/h29H,3-24H2,1-2H3,(H,26,28). The van der Waals surface area contributed by atoms with E-state index in [1.54, 1.807) is 0 Å². The first kappa shape index (κ1) is 29.0. The first-order valence-corrected chi connectivity index (χ1v) is 13.8. The van der Waals surface area contributed by atoms with Gasteiger partial charge in [-0.1, -0.05) is 142 Å². The number of thiol groups is 1. The van der Waals surface area contributed by atoms with Gasteiger partial charge in [0.1, 0.15) is 0 Å². The minimum absolute atomic E-state index is 0.806. The third kappa shape index (κ3) is 21.1. The van der Waals surface area contributed by atoms with Crippen molar-refractivity contribution in [3.63, 3.8) is 0 Å². The highest BCUT2D eigenvalue weighted by molar-refractivity contribution is 7.84. The Morgan fingerprint density at radius 1 is 0.552 bits per heavy atom. The van der Waals surface area contributed by atoms with Crippen LogP contribution in [0.2, 0.25) is 0 Å². The van der Waals surface area contributed by atoms with Gasteiger partial charge in [0, 0.05) is 13.1 Å². The van der Waals surface area contributed by atoms with Gasteiger partial charge in [-0.15, -0.1) is 0 Å². The third-order valence-corrected chi connectivity index (χ3v) is 6.67. The largest absolute Gasteiger partial charge is 0.349 e. The quantitative estimate of drug-likeness (QED) is 0.0985. The van der Waals surface area contributed by atoms with Crippen molar-refractivity contribution >= 4 is 30.1 Å². The molecule has 1 N–H and O–H groups in total. The molecule has 0 aliphatic rings. The SMILES string of the molecule is CCCCCCCCCCCCN(CCCCCCCCCCCC)C(=S)NS. The van der Waals surface area contributed by atoms with Crippen molar-refractivity contribution in [1.29, 1.82) is 0 Å². The number of nitrogens with zero attached hydrogens (tertiary/aromatic N) is 1. The second kappa shape index (κ2) is 24.3. The molecule has 0 aromatic rings. The average molecular weight is 445 g/mol. The van der Waals surface area contributed by atoms with Crippen molar-refractivity contribution in [1.82, 2.24) is 9.62 Å². The Morgan fingerprint density at radius 2 is 0.828 bits per heavy atom. The van der Waals surface area contributed by atoms with Crippen molar-refractivity contribution in [3.05, 3.63) is 0 Å². The molecule has 0 fully saturated rings. The summed E-state index contributed by atoms with van der Waals surface area (Å²) >= 11 is 9.63. The summed E-state index contributed by atoms with van der Waals surface area (Å²) in [5.41, 5.74) is 0. The van der Waals surface area contributed by atoms with Crippen LogP contribution in [-0.2, 0) is 0 Å². The van der Waals surface area contributed by atoms with Gasteiger partial charge in [-0.3, -0.25) is 0 Å². The second-order valence-electron chi connectivity index (χ2n) is 8.77. The van der Waals surface area contributed by atoms with E-state index in [0.717, 1.165) is 18.2 Å². The van der Waals surface area contributed by atoms with Crippen LogP contribution in [0.1, 0.15) is 142 Å². The lowest BCUT2D eigenvalue weighted by Gasteiger charge is -2.24. The number of hydrogen-bond donors (Lipinski definition) is 2. The lowest BCUT2D eigenvalue weighted by atomic mass is 10.1. The smallest absolute Gasteiger partial charge is 0.178 e. The summed E-state index contributed by atoms with van der Waals surface area (Å²) in [4.78, 5) is 2.33. The molecule has 0 saturated carbocycles. The molecule has 0 saturated heterocycles. The molecule has 174 valence electrons. The molecule has 0 rings (SSSR count). The van der Waals surface area contributed by atoms with Crippen LogP contribution in [0.15, 0.2) is 0 Å². The van der Waals surface area contributed by atoms with Crippen LogP contribution in [0, 0.1) is 0 Å².